The van der Waals surface area contributed by atoms with Gasteiger partial charge in [-0.2, -0.15) is 0 Å². The average molecular weight is 246 g/mol. The SMILES string of the molecule is C#CCN(CC)c1cnc(CNC(C)(C)C)cn1. The first-order chi connectivity index (χ1) is 8.46. The fraction of sp³-hybridized carbons (Fsp3) is 0.571. The van der Waals surface area contributed by atoms with Crippen molar-refractivity contribution in [2.45, 2.75) is 39.8 Å². The number of hydrogen-bond acceptors (Lipinski definition) is 4. The van der Waals surface area contributed by atoms with Crippen LogP contribution in [-0.4, -0.2) is 28.6 Å². The number of aromatic nitrogens is 2. The summed E-state index contributed by atoms with van der Waals surface area (Å²) in [4.78, 5) is 10.8. The molecule has 1 aromatic heterocycles. The predicted octanol–water partition coefficient (Wildman–Crippen LogP) is 1.82. The van der Waals surface area contributed by atoms with Gasteiger partial charge in [0.15, 0.2) is 0 Å². The molecule has 0 unspecified atom stereocenters. The first-order valence-corrected chi connectivity index (χ1v) is 6.20. The zero-order valence-corrected chi connectivity index (χ0v) is 11.7. The molecule has 98 valence electrons. The van der Waals surface area contributed by atoms with Gasteiger partial charge in [-0.1, -0.05) is 5.92 Å². The molecule has 0 radical (unpaired) electrons. The van der Waals surface area contributed by atoms with E-state index in [1.54, 1.807) is 12.4 Å². The molecule has 1 rings (SSSR count). The average Bonchev–Trinajstić information content (AvgIpc) is 2.33. The van der Waals surface area contributed by atoms with Crippen LogP contribution in [0.2, 0.25) is 0 Å². The van der Waals surface area contributed by atoms with E-state index in [-0.39, 0.29) is 5.54 Å². The molecule has 1 heterocycles. The zero-order chi connectivity index (χ0) is 13.6. The quantitative estimate of drug-likeness (QED) is 0.805. The van der Waals surface area contributed by atoms with Gasteiger partial charge in [-0.15, -0.1) is 6.42 Å². The normalized spacial score (nSPS) is 11.1. The summed E-state index contributed by atoms with van der Waals surface area (Å²) in [5, 5.41) is 3.38. The molecular formula is C14H22N4. The van der Waals surface area contributed by atoms with Gasteiger partial charge < -0.3 is 10.2 Å². The monoisotopic (exact) mass is 246 g/mol. The highest BCUT2D eigenvalue weighted by molar-refractivity contribution is 5.37. The lowest BCUT2D eigenvalue weighted by Crippen LogP contribution is -2.35. The third kappa shape index (κ3) is 4.72. The summed E-state index contributed by atoms with van der Waals surface area (Å²) in [7, 11) is 0. The smallest absolute Gasteiger partial charge is 0.147 e. The number of hydrogen-bond donors (Lipinski definition) is 1. The lowest BCUT2D eigenvalue weighted by Gasteiger charge is -2.21. The van der Waals surface area contributed by atoms with Gasteiger partial charge in [-0.05, 0) is 27.7 Å². The second kappa shape index (κ2) is 6.36. The van der Waals surface area contributed by atoms with E-state index in [1.165, 1.54) is 0 Å². The van der Waals surface area contributed by atoms with Gasteiger partial charge in [0.25, 0.3) is 0 Å². The Bertz CT molecular complexity index is 397. The van der Waals surface area contributed by atoms with Crippen molar-refractivity contribution in [1.82, 2.24) is 15.3 Å². The summed E-state index contributed by atoms with van der Waals surface area (Å²) in [6.07, 6.45) is 8.90. The second-order valence-electron chi connectivity index (χ2n) is 5.19. The zero-order valence-electron chi connectivity index (χ0n) is 11.7. The van der Waals surface area contributed by atoms with Crippen molar-refractivity contribution in [1.29, 1.82) is 0 Å². The maximum absolute atomic E-state index is 5.32. The number of rotatable bonds is 5. The Morgan fingerprint density at radius 2 is 2.06 bits per heavy atom. The Morgan fingerprint density at radius 3 is 2.50 bits per heavy atom. The van der Waals surface area contributed by atoms with Crippen molar-refractivity contribution in [2.75, 3.05) is 18.0 Å². The Kier molecular flexibility index (Phi) is 5.11. The van der Waals surface area contributed by atoms with E-state index >= 15 is 0 Å². The number of nitrogens with zero attached hydrogens (tertiary/aromatic N) is 3. The van der Waals surface area contributed by atoms with Gasteiger partial charge in [-0.25, -0.2) is 4.98 Å². The minimum Gasteiger partial charge on any atom is -0.344 e. The largest absolute Gasteiger partial charge is 0.344 e. The number of anilines is 1. The molecule has 0 aromatic carbocycles. The Labute approximate surface area is 110 Å². The fourth-order valence-electron chi connectivity index (χ4n) is 1.42. The van der Waals surface area contributed by atoms with E-state index in [0.29, 0.717) is 6.54 Å². The molecule has 0 aliphatic heterocycles. The Morgan fingerprint density at radius 1 is 1.33 bits per heavy atom. The minimum absolute atomic E-state index is 0.0826. The summed E-state index contributed by atoms with van der Waals surface area (Å²) < 4.78 is 0. The maximum atomic E-state index is 5.32. The summed E-state index contributed by atoms with van der Waals surface area (Å²) in [6.45, 7) is 10.5. The summed E-state index contributed by atoms with van der Waals surface area (Å²) in [5.74, 6) is 3.45. The van der Waals surface area contributed by atoms with Gasteiger partial charge in [0.1, 0.15) is 5.82 Å². The molecule has 0 bridgehead atoms. The van der Waals surface area contributed by atoms with Crippen molar-refractivity contribution in [3.63, 3.8) is 0 Å². The van der Waals surface area contributed by atoms with E-state index in [9.17, 15) is 0 Å². The molecule has 0 aliphatic rings. The number of terminal acetylenes is 1. The highest BCUT2D eigenvalue weighted by Crippen LogP contribution is 2.08. The van der Waals surface area contributed by atoms with Crippen LogP contribution >= 0.6 is 0 Å². The molecule has 18 heavy (non-hydrogen) atoms. The molecule has 0 spiro atoms. The molecule has 0 fully saturated rings. The second-order valence-corrected chi connectivity index (χ2v) is 5.19. The molecule has 0 aliphatic carbocycles. The van der Waals surface area contributed by atoms with Gasteiger partial charge in [0.2, 0.25) is 0 Å². The van der Waals surface area contributed by atoms with E-state index in [1.807, 2.05) is 11.8 Å². The van der Waals surface area contributed by atoms with Gasteiger partial charge in [0, 0.05) is 18.6 Å². The first kappa shape index (κ1) is 14.5. The van der Waals surface area contributed by atoms with Crippen LogP contribution in [0.25, 0.3) is 0 Å². The highest BCUT2D eigenvalue weighted by Gasteiger charge is 2.09. The lowest BCUT2D eigenvalue weighted by molar-refractivity contribution is 0.421. The minimum atomic E-state index is 0.0826. The van der Waals surface area contributed by atoms with Crippen LogP contribution in [0.1, 0.15) is 33.4 Å². The van der Waals surface area contributed by atoms with E-state index in [2.05, 4.69) is 42.0 Å². The molecular weight excluding hydrogens is 224 g/mol. The predicted molar refractivity (Wildman–Crippen MR) is 75.3 cm³/mol. The molecule has 1 aromatic rings. The Balaban J connectivity index is 2.65. The first-order valence-electron chi connectivity index (χ1n) is 6.20. The molecule has 0 amide bonds. The van der Waals surface area contributed by atoms with E-state index in [4.69, 9.17) is 6.42 Å². The van der Waals surface area contributed by atoms with Crippen molar-refractivity contribution in [3.8, 4) is 12.3 Å². The van der Waals surface area contributed by atoms with E-state index < -0.39 is 0 Å². The number of nitrogens with one attached hydrogen (secondary N) is 1. The lowest BCUT2D eigenvalue weighted by atomic mass is 10.1. The van der Waals surface area contributed by atoms with Crippen LogP contribution in [0.15, 0.2) is 12.4 Å². The Hall–Kier alpha value is -1.60. The third-order valence-electron chi connectivity index (χ3n) is 2.48. The van der Waals surface area contributed by atoms with Crippen molar-refractivity contribution in [2.24, 2.45) is 0 Å². The van der Waals surface area contributed by atoms with Crippen LogP contribution in [-0.2, 0) is 6.54 Å². The fourth-order valence-corrected chi connectivity index (χ4v) is 1.42. The van der Waals surface area contributed by atoms with Crippen molar-refractivity contribution >= 4 is 5.82 Å². The molecule has 0 saturated carbocycles. The van der Waals surface area contributed by atoms with Crippen LogP contribution < -0.4 is 10.2 Å². The molecule has 1 N–H and O–H groups in total. The molecule has 0 saturated heterocycles. The molecule has 4 heteroatoms. The van der Waals surface area contributed by atoms with Gasteiger partial charge in [0.05, 0.1) is 24.6 Å². The van der Waals surface area contributed by atoms with Gasteiger partial charge >= 0.3 is 0 Å². The highest BCUT2D eigenvalue weighted by atomic mass is 15.2. The van der Waals surface area contributed by atoms with Crippen LogP contribution in [0.3, 0.4) is 0 Å². The maximum Gasteiger partial charge on any atom is 0.147 e. The molecule has 4 nitrogen and oxygen atoms in total. The third-order valence-corrected chi connectivity index (χ3v) is 2.48. The van der Waals surface area contributed by atoms with Crippen molar-refractivity contribution in [3.05, 3.63) is 18.1 Å². The van der Waals surface area contributed by atoms with Crippen LogP contribution in [0, 0.1) is 12.3 Å². The summed E-state index contributed by atoms with van der Waals surface area (Å²) in [5.41, 5.74) is 1.02. The molecule has 0 atom stereocenters. The van der Waals surface area contributed by atoms with Crippen molar-refractivity contribution < 1.29 is 0 Å². The summed E-state index contributed by atoms with van der Waals surface area (Å²) in [6, 6.07) is 0. The van der Waals surface area contributed by atoms with Gasteiger partial charge in [-0.3, -0.25) is 4.98 Å². The van der Waals surface area contributed by atoms with Crippen LogP contribution in [0.4, 0.5) is 5.82 Å². The standard InChI is InChI=1S/C14H22N4/c1-6-8-18(7-2)13-11-15-12(9-16-13)10-17-14(3,4)5/h1,9,11,17H,7-8,10H2,2-5H3. The van der Waals surface area contributed by atoms with E-state index in [0.717, 1.165) is 24.6 Å². The topological polar surface area (TPSA) is 41.1 Å². The summed E-state index contributed by atoms with van der Waals surface area (Å²) >= 11 is 0. The van der Waals surface area contributed by atoms with Crippen LogP contribution in [0.5, 0.6) is 0 Å².